The van der Waals surface area contributed by atoms with Crippen LogP contribution in [0.15, 0.2) is 24.3 Å². The van der Waals surface area contributed by atoms with Crippen LogP contribution in [-0.4, -0.2) is 28.9 Å². The fourth-order valence-corrected chi connectivity index (χ4v) is 3.92. The van der Waals surface area contributed by atoms with E-state index < -0.39 is 5.54 Å². The highest BCUT2D eigenvalue weighted by molar-refractivity contribution is 7.80. The minimum Gasteiger partial charge on any atom is -0.360 e. The summed E-state index contributed by atoms with van der Waals surface area (Å²) in [5, 5.41) is 4.64. The van der Waals surface area contributed by atoms with Crippen molar-refractivity contribution >= 4 is 34.7 Å². The Kier molecular flexibility index (Phi) is 4.42. The zero-order valence-corrected chi connectivity index (χ0v) is 14.3. The first-order valence-electron chi connectivity index (χ1n) is 7.88. The highest BCUT2D eigenvalue weighted by atomic mass is 35.5. The van der Waals surface area contributed by atoms with Crippen LogP contribution in [0.5, 0.6) is 0 Å². The summed E-state index contributed by atoms with van der Waals surface area (Å²) in [5.74, 6) is 0.217. The van der Waals surface area contributed by atoms with Gasteiger partial charge < -0.3 is 10.2 Å². The third kappa shape index (κ3) is 2.74. The van der Waals surface area contributed by atoms with Gasteiger partial charge in [-0.05, 0) is 50.4 Å². The van der Waals surface area contributed by atoms with Crippen molar-refractivity contribution in [2.45, 2.75) is 50.1 Å². The summed E-state index contributed by atoms with van der Waals surface area (Å²) in [7, 11) is 1.92. The highest BCUT2D eigenvalue weighted by Gasteiger charge is 2.47. The highest BCUT2D eigenvalue weighted by Crippen LogP contribution is 2.42. The molecule has 0 spiro atoms. The molecule has 0 amide bonds. The van der Waals surface area contributed by atoms with E-state index in [1.54, 1.807) is 0 Å². The second-order valence-corrected chi connectivity index (χ2v) is 7.05. The predicted octanol–water partition coefficient (Wildman–Crippen LogP) is 3.65. The van der Waals surface area contributed by atoms with Crippen molar-refractivity contribution in [1.29, 1.82) is 0 Å². The standard InChI is InChI=1S/C17H21ClN2OS/c1-20(16(22)19-12-9-10-12)17(11-5-4-8-15(17)21)13-6-2-3-7-14(13)18/h2-3,6-7,12H,4-5,8-11H2,1H3,(H,19,22)/t17-/m0/s1. The van der Waals surface area contributed by atoms with Gasteiger partial charge in [-0.3, -0.25) is 4.79 Å². The van der Waals surface area contributed by atoms with Gasteiger partial charge in [0.1, 0.15) is 5.54 Å². The molecular formula is C17H21ClN2OS. The van der Waals surface area contributed by atoms with Crippen LogP contribution in [0.3, 0.4) is 0 Å². The lowest BCUT2D eigenvalue weighted by Crippen LogP contribution is -2.57. The van der Waals surface area contributed by atoms with E-state index in [-0.39, 0.29) is 5.78 Å². The molecule has 0 aliphatic heterocycles. The number of thiocarbonyl (C=S) groups is 1. The number of Topliss-reactive ketones (excluding diaryl/α,β-unsaturated/α-hetero) is 1. The normalized spacial score (nSPS) is 24.9. The maximum atomic E-state index is 12.9. The van der Waals surface area contributed by atoms with Gasteiger partial charge in [-0.1, -0.05) is 29.8 Å². The summed E-state index contributed by atoms with van der Waals surface area (Å²) >= 11 is 12.0. The molecule has 3 nitrogen and oxygen atoms in total. The number of hydrogen-bond donors (Lipinski definition) is 1. The Hall–Kier alpha value is -1.13. The molecule has 0 unspecified atom stereocenters. The fourth-order valence-electron chi connectivity index (χ4n) is 3.30. The van der Waals surface area contributed by atoms with Gasteiger partial charge in [-0.25, -0.2) is 0 Å². The first-order valence-corrected chi connectivity index (χ1v) is 8.67. The number of carbonyl (C=O) groups is 1. The van der Waals surface area contributed by atoms with E-state index in [0.29, 0.717) is 22.6 Å². The van der Waals surface area contributed by atoms with Gasteiger partial charge >= 0.3 is 0 Å². The molecule has 5 heteroatoms. The van der Waals surface area contributed by atoms with Crippen molar-refractivity contribution in [3.63, 3.8) is 0 Å². The molecule has 3 rings (SSSR count). The summed E-state index contributed by atoms with van der Waals surface area (Å²) < 4.78 is 0. The lowest BCUT2D eigenvalue weighted by Gasteiger charge is -2.45. The van der Waals surface area contributed by atoms with Crippen molar-refractivity contribution in [2.24, 2.45) is 0 Å². The Labute approximate surface area is 142 Å². The molecule has 118 valence electrons. The van der Waals surface area contributed by atoms with Gasteiger partial charge in [0.25, 0.3) is 0 Å². The fraction of sp³-hybridized carbons (Fsp3) is 0.529. The Morgan fingerprint density at radius 1 is 1.36 bits per heavy atom. The third-order valence-electron chi connectivity index (χ3n) is 4.76. The zero-order chi connectivity index (χ0) is 15.7. The maximum Gasteiger partial charge on any atom is 0.169 e. The third-order valence-corrected chi connectivity index (χ3v) is 5.48. The van der Waals surface area contributed by atoms with Crippen molar-refractivity contribution in [2.75, 3.05) is 7.05 Å². The summed E-state index contributed by atoms with van der Waals surface area (Å²) in [6.45, 7) is 0. The molecule has 22 heavy (non-hydrogen) atoms. The Balaban J connectivity index is 2.00. The summed E-state index contributed by atoms with van der Waals surface area (Å²) in [5.41, 5.74) is 0.152. The molecule has 0 bridgehead atoms. The van der Waals surface area contributed by atoms with E-state index in [0.717, 1.165) is 37.7 Å². The number of hydrogen-bond acceptors (Lipinski definition) is 2. The largest absolute Gasteiger partial charge is 0.360 e. The van der Waals surface area contributed by atoms with E-state index in [1.165, 1.54) is 0 Å². The van der Waals surface area contributed by atoms with Crippen molar-refractivity contribution in [1.82, 2.24) is 10.2 Å². The summed E-state index contributed by atoms with van der Waals surface area (Å²) in [4.78, 5) is 14.9. The molecule has 1 aromatic carbocycles. The number of halogens is 1. The van der Waals surface area contributed by atoms with Gasteiger partial charge in [0.15, 0.2) is 10.9 Å². The number of rotatable bonds is 3. The van der Waals surface area contributed by atoms with Crippen molar-refractivity contribution in [3.8, 4) is 0 Å². The van der Waals surface area contributed by atoms with Crippen LogP contribution in [0, 0.1) is 0 Å². The molecule has 2 aliphatic rings. The van der Waals surface area contributed by atoms with Crippen LogP contribution in [0.2, 0.25) is 5.02 Å². The molecular weight excluding hydrogens is 316 g/mol. The smallest absolute Gasteiger partial charge is 0.169 e. The first-order chi connectivity index (χ1) is 10.6. The van der Waals surface area contributed by atoms with Gasteiger partial charge in [-0.2, -0.15) is 0 Å². The molecule has 2 fully saturated rings. The Bertz CT molecular complexity index is 602. The molecule has 0 radical (unpaired) electrons. The van der Waals surface area contributed by atoms with Crippen LogP contribution >= 0.6 is 23.8 Å². The van der Waals surface area contributed by atoms with E-state index in [4.69, 9.17) is 23.8 Å². The summed E-state index contributed by atoms with van der Waals surface area (Å²) in [6, 6.07) is 8.12. The predicted molar refractivity (Wildman–Crippen MR) is 93.1 cm³/mol. The SMILES string of the molecule is CN(C(=S)NC1CC1)[C@]1(c2ccccc2Cl)CCCCC1=O. The molecule has 2 aliphatic carbocycles. The molecule has 1 aromatic rings. The average molecular weight is 337 g/mol. The zero-order valence-electron chi connectivity index (χ0n) is 12.8. The lowest BCUT2D eigenvalue weighted by molar-refractivity contribution is -0.131. The minimum absolute atomic E-state index is 0.217. The number of benzene rings is 1. The van der Waals surface area contributed by atoms with E-state index in [2.05, 4.69) is 5.32 Å². The maximum absolute atomic E-state index is 12.9. The summed E-state index contributed by atoms with van der Waals surface area (Å²) in [6.07, 6.45) is 5.61. The number of carbonyl (C=O) groups excluding carboxylic acids is 1. The second-order valence-electron chi connectivity index (χ2n) is 6.25. The Morgan fingerprint density at radius 3 is 2.73 bits per heavy atom. The molecule has 0 heterocycles. The minimum atomic E-state index is -0.727. The van der Waals surface area contributed by atoms with Gasteiger partial charge in [0.05, 0.1) is 0 Å². The van der Waals surface area contributed by atoms with Crippen LogP contribution < -0.4 is 5.32 Å². The number of nitrogens with zero attached hydrogens (tertiary/aromatic N) is 1. The van der Waals surface area contributed by atoms with Crippen LogP contribution in [-0.2, 0) is 10.3 Å². The van der Waals surface area contributed by atoms with E-state index >= 15 is 0 Å². The first kappa shape index (κ1) is 15.8. The van der Waals surface area contributed by atoms with Gasteiger partial charge in [0.2, 0.25) is 0 Å². The second kappa shape index (κ2) is 6.17. The average Bonchev–Trinajstić information content (AvgIpc) is 3.32. The van der Waals surface area contributed by atoms with E-state index in [9.17, 15) is 4.79 Å². The molecule has 1 atom stereocenters. The monoisotopic (exact) mass is 336 g/mol. The van der Waals surface area contributed by atoms with Crippen LogP contribution in [0.25, 0.3) is 0 Å². The number of nitrogens with one attached hydrogen (secondary N) is 1. The van der Waals surface area contributed by atoms with Crippen LogP contribution in [0.1, 0.15) is 44.1 Å². The quantitative estimate of drug-likeness (QED) is 0.854. The van der Waals surface area contributed by atoms with E-state index in [1.807, 2.05) is 36.2 Å². The number of ketones is 1. The molecule has 2 saturated carbocycles. The van der Waals surface area contributed by atoms with Gasteiger partial charge in [0, 0.05) is 30.1 Å². The molecule has 0 saturated heterocycles. The molecule has 0 aromatic heterocycles. The van der Waals surface area contributed by atoms with Crippen molar-refractivity contribution in [3.05, 3.63) is 34.9 Å². The van der Waals surface area contributed by atoms with Crippen LogP contribution in [0.4, 0.5) is 0 Å². The lowest BCUT2D eigenvalue weighted by atomic mass is 9.74. The number of likely N-dealkylation sites (N-methyl/N-ethyl adjacent to an activating group) is 1. The van der Waals surface area contributed by atoms with Gasteiger partial charge in [-0.15, -0.1) is 0 Å². The molecule has 1 N–H and O–H groups in total. The topological polar surface area (TPSA) is 32.3 Å². The Morgan fingerprint density at radius 2 is 2.09 bits per heavy atom. The van der Waals surface area contributed by atoms with Crippen molar-refractivity contribution < 1.29 is 4.79 Å².